The average Bonchev–Trinajstić information content (AvgIpc) is 3.12. The fraction of sp³-hybridized carbons (Fsp3) is 0.118. The van der Waals surface area contributed by atoms with Gasteiger partial charge in [0.15, 0.2) is 0 Å². The molecule has 0 aliphatic rings. The van der Waals surface area contributed by atoms with Crippen molar-refractivity contribution in [3.63, 3.8) is 0 Å². The molecule has 22 heavy (non-hydrogen) atoms. The molecular formula is C17H16ClN3O. The smallest absolute Gasteiger partial charge is 0.137 e. The first-order valence-corrected chi connectivity index (χ1v) is 7.01. The van der Waals surface area contributed by atoms with E-state index in [4.69, 9.17) is 15.2 Å². The van der Waals surface area contributed by atoms with Crippen LogP contribution in [-0.2, 0) is 6.42 Å². The third-order valence-electron chi connectivity index (χ3n) is 3.77. The number of hydrogen-bond acceptors (Lipinski definition) is 3. The largest absolute Gasteiger partial charge is 0.464 e. The van der Waals surface area contributed by atoms with Gasteiger partial charge in [-0.05, 0) is 25.1 Å². The first kappa shape index (κ1) is 14.6. The Hall–Kier alpha value is -2.30. The summed E-state index contributed by atoms with van der Waals surface area (Å²) >= 11 is 0. The number of rotatable bonds is 3. The van der Waals surface area contributed by atoms with E-state index in [1.807, 2.05) is 41.0 Å². The molecule has 5 heteroatoms. The fourth-order valence-electron chi connectivity index (χ4n) is 2.86. The lowest BCUT2D eigenvalue weighted by molar-refractivity contribution is 0.615. The van der Waals surface area contributed by atoms with Crippen molar-refractivity contribution in [2.45, 2.75) is 6.42 Å². The predicted octanol–water partition coefficient (Wildman–Crippen LogP) is 3.67. The van der Waals surface area contributed by atoms with Crippen LogP contribution in [-0.4, -0.2) is 16.2 Å². The van der Waals surface area contributed by atoms with Gasteiger partial charge in [-0.25, -0.2) is 4.52 Å². The highest BCUT2D eigenvalue weighted by Crippen LogP contribution is 2.31. The van der Waals surface area contributed by atoms with Crippen LogP contribution in [0.2, 0.25) is 0 Å². The van der Waals surface area contributed by atoms with Gasteiger partial charge in [-0.2, -0.15) is 5.10 Å². The molecule has 0 aliphatic carbocycles. The summed E-state index contributed by atoms with van der Waals surface area (Å²) in [7, 11) is 0. The molecule has 4 aromatic rings. The molecule has 2 N–H and O–H groups in total. The maximum Gasteiger partial charge on any atom is 0.137 e. The average molecular weight is 314 g/mol. The van der Waals surface area contributed by atoms with Crippen LogP contribution in [0, 0.1) is 0 Å². The molecule has 0 radical (unpaired) electrons. The van der Waals surface area contributed by atoms with Crippen molar-refractivity contribution in [2.24, 2.45) is 5.73 Å². The van der Waals surface area contributed by atoms with E-state index in [0.717, 1.165) is 34.2 Å². The summed E-state index contributed by atoms with van der Waals surface area (Å²) in [6.45, 7) is 0.593. The molecule has 0 saturated carbocycles. The summed E-state index contributed by atoms with van der Waals surface area (Å²) in [4.78, 5) is 0. The number of halogens is 1. The molecular weight excluding hydrogens is 298 g/mol. The molecule has 0 unspecified atom stereocenters. The molecule has 0 saturated heterocycles. The monoisotopic (exact) mass is 313 g/mol. The number of aromatic nitrogens is 2. The highest BCUT2D eigenvalue weighted by molar-refractivity contribution is 5.96. The van der Waals surface area contributed by atoms with E-state index in [1.54, 1.807) is 6.26 Å². The van der Waals surface area contributed by atoms with E-state index in [1.165, 1.54) is 5.56 Å². The minimum Gasteiger partial charge on any atom is -0.464 e. The van der Waals surface area contributed by atoms with Crippen molar-refractivity contribution in [1.82, 2.24) is 9.61 Å². The molecule has 0 amide bonds. The van der Waals surface area contributed by atoms with E-state index in [9.17, 15) is 0 Å². The summed E-state index contributed by atoms with van der Waals surface area (Å²) in [6.07, 6.45) is 4.44. The first-order chi connectivity index (χ1) is 10.4. The minimum atomic E-state index is 0. The summed E-state index contributed by atoms with van der Waals surface area (Å²) in [5, 5.41) is 5.83. The number of fused-ring (bicyclic) bond motifs is 3. The van der Waals surface area contributed by atoms with Crippen molar-refractivity contribution in [2.75, 3.05) is 6.54 Å². The number of pyridine rings is 1. The molecule has 0 bridgehead atoms. The van der Waals surface area contributed by atoms with E-state index in [-0.39, 0.29) is 12.4 Å². The zero-order valence-corrected chi connectivity index (χ0v) is 12.7. The van der Waals surface area contributed by atoms with Gasteiger partial charge in [-0.1, -0.05) is 30.3 Å². The van der Waals surface area contributed by atoms with Crippen molar-refractivity contribution in [3.8, 4) is 11.3 Å². The van der Waals surface area contributed by atoms with Gasteiger partial charge < -0.3 is 10.2 Å². The Morgan fingerprint density at radius 1 is 1.09 bits per heavy atom. The number of hydrogen-bond donors (Lipinski definition) is 1. The molecule has 0 atom stereocenters. The topological polar surface area (TPSA) is 56.5 Å². The van der Waals surface area contributed by atoms with E-state index >= 15 is 0 Å². The number of nitrogens with zero attached hydrogens (tertiary/aromatic N) is 2. The number of furan rings is 1. The number of nitrogens with two attached hydrogens (primary N) is 1. The van der Waals surface area contributed by atoms with Crippen molar-refractivity contribution in [1.29, 1.82) is 0 Å². The standard InChI is InChI=1S/C17H15N3O.ClH/c18-9-6-14-16(12-4-2-1-3-5-12)19-20-10-7-15-13(17(14)20)8-11-21-15;/h1-5,7-8,10-11H,6,9,18H2;1H. The second-order valence-electron chi connectivity index (χ2n) is 5.04. The summed E-state index contributed by atoms with van der Waals surface area (Å²) < 4.78 is 7.42. The Kier molecular flexibility index (Phi) is 3.88. The summed E-state index contributed by atoms with van der Waals surface area (Å²) in [5.74, 6) is 0. The Bertz CT molecular complexity index is 912. The second kappa shape index (κ2) is 5.83. The van der Waals surface area contributed by atoms with Gasteiger partial charge >= 0.3 is 0 Å². The molecule has 3 heterocycles. The van der Waals surface area contributed by atoms with Gasteiger partial charge in [0.05, 0.1) is 17.5 Å². The zero-order chi connectivity index (χ0) is 14.2. The van der Waals surface area contributed by atoms with Crippen molar-refractivity contribution in [3.05, 3.63) is 60.5 Å². The van der Waals surface area contributed by atoms with Crippen LogP contribution in [0.5, 0.6) is 0 Å². The SMILES string of the molecule is Cl.NCCc1c(-c2ccccc2)nn2ccc3occc3c12. The van der Waals surface area contributed by atoms with Crippen LogP contribution >= 0.6 is 12.4 Å². The third kappa shape index (κ3) is 2.17. The quantitative estimate of drug-likeness (QED) is 0.628. The van der Waals surface area contributed by atoms with Crippen LogP contribution < -0.4 is 5.73 Å². The predicted molar refractivity (Wildman–Crippen MR) is 90.4 cm³/mol. The van der Waals surface area contributed by atoms with E-state index in [0.29, 0.717) is 6.54 Å². The van der Waals surface area contributed by atoms with Gasteiger partial charge in [-0.3, -0.25) is 0 Å². The van der Waals surface area contributed by atoms with Crippen LogP contribution in [0.4, 0.5) is 0 Å². The Labute approximate surface area is 133 Å². The van der Waals surface area contributed by atoms with Gasteiger partial charge in [0.2, 0.25) is 0 Å². The molecule has 1 aromatic carbocycles. The molecule has 0 fully saturated rings. The van der Waals surface area contributed by atoms with Crippen LogP contribution in [0.15, 0.2) is 59.3 Å². The maximum absolute atomic E-state index is 5.82. The van der Waals surface area contributed by atoms with E-state index in [2.05, 4.69) is 12.1 Å². The van der Waals surface area contributed by atoms with Crippen molar-refractivity contribution < 1.29 is 4.42 Å². The lowest BCUT2D eigenvalue weighted by Crippen LogP contribution is -2.03. The van der Waals surface area contributed by atoms with Gasteiger partial charge in [0, 0.05) is 22.7 Å². The molecule has 3 aromatic heterocycles. The normalized spacial score (nSPS) is 11.0. The second-order valence-corrected chi connectivity index (χ2v) is 5.04. The summed E-state index contributed by atoms with van der Waals surface area (Å²) in [5.41, 5.74) is 11.1. The molecule has 0 spiro atoms. The highest BCUT2D eigenvalue weighted by Gasteiger charge is 2.16. The first-order valence-electron chi connectivity index (χ1n) is 7.01. The number of benzene rings is 1. The van der Waals surface area contributed by atoms with Crippen molar-refractivity contribution >= 4 is 28.9 Å². The Morgan fingerprint density at radius 2 is 1.91 bits per heavy atom. The summed E-state index contributed by atoms with van der Waals surface area (Å²) in [6, 6.07) is 14.1. The molecule has 112 valence electrons. The molecule has 4 rings (SSSR count). The lowest BCUT2D eigenvalue weighted by atomic mass is 10.0. The minimum absolute atomic E-state index is 0. The van der Waals surface area contributed by atoms with Gasteiger partial charge in [0.25, 0.3) is 0 Å². The lowest BCUT2D eigenvalue weighted by Gasteiger charge is -2.02. The van der Waals surface area contributed by atoms with Crippen LogP contribution in [0.3, 0.4) is 0 Å². The Morgan fingerprint density at radius 3 is 2.68 bits per heavy atom. The Balaban J connectivity index is 0.00000144. The third-order valence-corrected chi connectivity index (χ3v) is 3.77. The maximum atomic E-state index is 5.82. The van der Waals surface area contributed by atoms with Gasteiger partial charge in [0.1, 0.15) is 5.58 Å². The van der Waals surface area contributed by atoms with Crippen LogP contribution in [0.25, 0.3) is 27.7 Å². The molecule has 4 nitrogen and oxygen atoms in total. The highest BCUT2D eigenvalue weighted by atomic mass is 35.5. The van der Waals surface area contributed by atoms with Gasteiger partial charge in [-0.15, -0.1) is 12.4 Å². The fourth-order valence-corrected chi connectivity index (χ4v) is 2.86. The van der Waals surface area contributed by atoms with E-state index < -0.39 is 0 Å². The molecule has 0 aliphatic heterocycles. The zero-order valence-electron chi connectivity index (χ0n) is 11.9. The van der Waals surface area contributed by atoms with Crippen LogP contribution in [0.1, 0.15) is 5.56 Å².